The summed E-state index contributed by atoms with van der Waals surface area (Å²) < 4.78 is 20.1. The number of rotatable bonds is 4. The van der Waals surface area contributed by atoms with Gasteiger partial charge >= 0.3 is 6.03 Å². The van der Waals surface area contributed by atoms with Gasteiger partial charge in [0.05, 0.1) is 36.8 Å². The number of nitrogens with two attached hydrogens (primary N) is 1. The van der Waals surface area contributed by atoms with E-state index in [4.69, 9.17) is 10.5 Å². The van der Waals surface area contributed by atoms with Crippen LogP contribution in [-0.2, 0) is 6.54 Å². The number of methoxy groups -OCH3 is 1. The Morgan fingerprint density at radius 2 is 1.88 bits per heavy atom. The van der Waals surface area contributed by atoms with Crippen LogP contribution in [-0.4, -0.2) is 60.1 Å². The number of ether oxygens (including phenoxy) is 1. The number of benzene rings is 1. The Morgan fingerprint density at radius 1 is 1.09 bits per heavy atom. The summed E-state index contributed by atoms with van der Waals surface area (Å²) in [6.45, 7) is 2.62. The molecule has 9 nitrogen and oxygen atoms in total. The molecule has 3 amide bonds. The van der Waals surface area contributed by atoms with E-state index in [0.29, 0.717) is 54.6 Å². The summed E-state index contributed by atoms with van der Waals surface area (Å²) in [5, 5.41) is 0. The summed E-state index contributed by atoms with van der Waals surface area (Å²) in [4.78, 5) is 38.7. The van der Waals surface area contributed by atoms with Crippen LogP contribution < -0.4 is 20.3 Å². The molecule has 2 aromatic heterocycles. The number of carbonyl (C=O) groups is 2. The molecular weight excluding hydrogens is 439 g/mol. The maximum Gasteiger partial charge on any atom is 0.314 e. The quantitative estimate of drug-likeness (QED) is 0.639. The molecule has 4 heterocycles. The van der Waals surface area contributed by atoms with Gasteiger partial charge in [-0.2, -0.15) is 0 Å². The number of primary amides is 1. The minimum absolute atomic E-state index is 0.218. The van der Waals surface area contributed by atoms with E-state index in [1.807, 2.05) is 6.07 Å². The molecule has 10 heteroatoms. The van der Waals surface area contributed by atoms with Crippen LogP contribution in [0.3, 0.4) is 0 Å². The number of fused-ring (bicyclic) bond motifs is 1. The number of nitrogens with zero attached hydrogens (tertiary/aromatic N) is 5. The number of anilines is 2. The first-order valence-electron chi connectivity index (χ1n) is 10.9. The van der Waals surface area contributed by atoms with E-state index in [1.165, 1.54) is 19.4 Å². The Kier molecular flexibility index (Phi) is 5.48. The highest BCUT2D eigenvalue weighted by molar-refractivity contribution is 6.10. The molecule has 0 aliphatic carbocycles. The first-order chi connectivity index (χ1) is 16.5. The van der Waals surface area contributed by atoms with Crippen molar-refractivity contribution in [3.63, 3.8) is 0 Å². The Bertz CT molecular complexity index is 1260. The lowest BCUT2D eigenvalue weighted by Crippen LogP contribution is -2.50. The van der Waals surface area contributed by atoms with E-state index in [1.54, 1.807) is 40.3 Å². The summed E-state index contributed by atoms with van der Waals surface area (Å²) >= 11 is 0. The van der Waals surface area contributed by atoms with E-state index in [9.17, 15) is 14.0 Å². The van der Waals surface area contributed by atoms with Gasteiger partial charge in [0, 0.05) is 43.5 Å². The molecule has 0 unspecified atom stereocenters. The van der Waals surface area contributed by atoms with Crippen LogP contribution in [0.1, 0.15) is 15.9 Å². The molecule has 0 saturated carbocycles. The number of piperazine rings is 1. The molecule has 34 heavy (non-hydrogen) atoms. The van der Waals surface area contributed by atoms with Gasteiger partial charge in [-0.1, -0.05) is 6.07 Å². The van der Waals surface area contributed by atoms with Gasteiger partial charge in [-0.3, -0.25) is 14.7 Å². The van der Waals surface area contributed by atoms with Gasteiger partial charge in [-0.15, -0.1) is 0 Å². The highest BCUT2D eigenvalue weighted by Crippen LogP contribution is 2.38. The average molecular weight is 462 g/mol. The first kappa shape index (κ1) is 21.6. The first-order valence-corrected chi connectivity index (χ1v) is 10.9. The fraction of sp³-hybridized carbons (Fsp3) is 0.250. The molecule has 1 aromatic carbocycles. The van der Waals surface area contributed by atoms with Crippen LogP contribution in [0.5, 0.6) is 5.75 Å². The summed E-state index contributed by atoms with van der Waals surface area (Å²) in [5.74, 6) is 0.159. The van der Waals surface area contributed by atoms with Crippen molar-refractivity contribution in [3.05, 3.63) is 65.7 Å². The number of aromatic nitrogens is 2. The molecule has 2 N–H and O–H groups in total. The van der Waals surface area contributed by atoms with Gasteiger partial charge in [0.15, 0.2) is 0 Å². The highest BCUT2D eigenvalue weighted by atomic mass is 19.1. The van der Waals surface area contributed by atoms with Crippen molar-refractivity contribution in [2.75, 3.05) is 43.1 Å². The Morgan fingerprint density at radius 3 is 2.56 bits per heavy atom. The predicted octanol–water partition coefficient (Wildman–Crippen LogP) is 2.65. The molecule has 0 atom stereocenters. The molecular formula is C24H23FN6O3. The number of halogens is 1. The zero-order valence-electron chi connectivity index (χ0n) is 18.6. The van der Waals surface area contributed by atoms with E-state index in [0.717, 1.165) is 5.69 Å². The average Bonchev–Trinajstić information content (AvgIpc) is 3.21. The minimum Gasteiger partial charge on any atom is -0.496 e. The predicted molar refractivity (Wildman–Crippen MR) is 124 cm³/mol. The van der Waals surface area contributed by atoms with Crippen molar-refractivity contribution in [1.29, 1.82) is 0 Å². The molecule has 2 aliphatic heterocycles. The van der Waals surface area contributed by atoms with Crippen LogP contribution >= 0.6 is 0 Å². The van der Waals surface area contributed by atoms with Crippen molar-refractivity contribution >= 4 is 23.4 Å². The monoisotopic (exact) mass is 462 g/mol. The number of amides is 3. The topological polar surface area (TPSA) is 105 Å². The van der Waals surface area contributed by atoms with E-state index < -0.39 is 11.8 Å². The van der Waals surface area contributed by atoms with Crippen molar-refractivity contribution in [1.82, 2.24) is 14.9 Å². The third-order valence-corrected chi connectivity index (χ3v) is 6.24. The Labute approximate surface area is 195 Å². The van der Waals surface area contributed by atoms with Crippen molar-refractivity contribution in [2.45, 2.75) is 6.54 Å². The SMILES string of the molecule is COc1cccc(F)c1-c1nccc2c1CN(c1ccc(N3CCN(C(N)=O)CC3)cn1)C2=O. The maximum atomic E-state index is 14.7. The summed E-state index contributed by atoms with van der Waals surface area (Å²) in [6.07, 6.45) is 3.22. The molecule has 2 aliphatic rings. The number of carbonyl (C=O) groups excluding carboxylic acids is 2. The zero-order valence-corrected chi connectivity index (χ0v) is 18.6. The number of hydrogen-bond donors (Lipinski definition) is 1. The smallest absolute Gasteiger partial charge is 0.314 e. The number of hydrogen-bond acceptors (Lipinski definition) is 6. The van der Waals surface area contributed by atoms with Crippen molar-refractivity contribution in [2.24, 2.45) is 5.73 Å². The summed E-state index contributed by atoms with van der Waals surface area (Å²) in [5.41, 5.74) is 7.95. The van der Waals surface area contributed by atoms with Crippen LogP contribution in [0.4, 0.5) is 20.7 Å². The molecule has 5 rings (SSSR count). The van der Waals surface area contributed by atoms with Gasteiger partial charge in [0.2, 0.25) is 0 Å². The van der Waals surface area contributed by atoms with Gasteiger partial charge < -0.3 is 20.3 Å². The highest BCUT2D eigenvalue weighted by Gasteiger charge is 2.33. The standard InChI is InChI=1S/C24H23FN6O3/c1-34-19-4-2-3-18(25)21(19)22-17-14-31(23(32)16(17)7-8-27-22)20-6-5-15(13-28-20)29-9-11-30(12-10-29)24(26)33/h2-8,13H,9-12,14H2,1H3,(H2,26,33). The number of pyridine rings is 2. The third kappa shape index (κ3) is 3.66. The van der Waals surface area contributed by atoms with E-state index in [2.05, 4.69) is 14.9 Å². The van der Waals surface area contributed by atoms with E-state index >= 15 is 0 Å². The van der Waals surface area contributed by atoms with Gasteiger partial charge in [0.25, 0.3) is 5.91 Å². The van der Waals surface area contributed by atoms with Crippen LogP contribution in [0, 0.1) is 5.82 Å². The second-order valence-corrected chi connectivity index (χ2v) is 8.08. The Hall–Kier alpha value is -4.21. The van der Waals surface area contributed by atoms with Crippen LogP contribution in [0.15, 0.2) is 48.8 Å². The number of urea groups is 1. The lowest BCUT2D eigenvalue weighted by Gasteiger charge is -2.35. The fourth-order valence-corrected chi connectivity index (χ4v) is 4.44. The Balaban J connectivity index is 1.40. The molecule has 0 bridgehead atoms. The lowest BCUT2D eigenvalue weighted by molar-refractivity contribution is 0.0996. The normalized spacial score (nSPS) is 15.5. The zero-order chi connectivity index (χ0) is 23.8. The molecule has 174 valence electrons. The van der Waals surface area contributed by atoms with Crippen molar-refractivity contribution in [3.8, 4) is 17.0 Å². The van der Waals surface area contributed by atoms with Crippen molar-refractivity contribution < 1.29 is 18.7 Å². The van der Waals surface area contributed by atoms with E-state index in [-0.39, 0.29) is 18.0 Å². The molecule has 3 aromatic rings. The molecule has 0 spiro atoms. The minimum atomic E-state index is -0.468. The van der Waals surface area contributed by atoms with Crippen LogP contribution in [0.25, 0.3) is 11.3 Å². The molecule has 0 radical (unpaired) electrons. The summed E-state index contributed by atoms with van der Waals surface area (Å²) in [6, 6.07) is 9.49. The third-order valence-electron chi connectivity index (χ3n) is 6.24. The second kappa shape index (κ2) is 8.62. The van der Waals surface area contributed by atoms with Gasteiger partial charge in [-0.25, -0.2) is 14.2 Å². The van der Waals surface area contributed by atoms with Crippen LogP contribution in [0.2, 0.25) is 0 Å². The van der Waals surface area contributed by atoms with Gasteiger partial charge in [0.1, 0.15) is 17.4 Å². The fourth-order valence-electron chi connectivity index (χ4n) is 4.44. The maximum absolute atomic E-state index is 14.7. The largest absolute Gasteiger partial charge is 0.496 e. The second-order valence-electron chi connectivity index (χ2n) is 8.08. The lowest BCUT2D eigenvalue weighted by atomic mass is 10.0. The molecule has 1 saturated heterocycles. The summed E-state index contributed by atoms with van der Waals surface area (Å²) in [7, 11) is 1.47. The van der Waals surface area contributed by atoms with Gasteiger partial charge in [-0.05, 0) is 30.3 Å². The molecule has 1 fully saturated rings.